The van der Waals surface area contributed by atoms with Gasteiger partial charge < -0.3 is 15.2 Å². The molecule has 0 bridgehead atoms. The summed E-state index contributed by atoms with van der Waals surface area (Å²) in [6.45, 7) is 6.51. The Kier molecular flexibility index (Phi) is 5.45. The van der Waals surface area contributed by atoms with E-state index < -0.39 is 0 Å². The first kappa shape index (κ1) is 14.0. The summed E-state index contributed by atoms with van der Waals surface area (Å²) in [4.78, 5) is 0. The Morgan fingerprint density at radius 3 is 2.29 bits per heavy atom. The first-order chi connectivity index (χ1) is 8.08. The minimum Gasteiger partial charge on any atom is -0.467 e. The van der Waals surface area contributed by atoms with Crippen molar-refractivity contribution in [3.63, 3.8) is 0 Å². The normalized spacial score (nSPS) is 12.5. The van der Waals surface area contributed by atoms with Gasteiger partial charge in [-0.2, -0.15) is 0 Å². The zero-order valence-electron chi connectivity index (χ0n) is 11.2. The predicted molar refractivity (Wildman–Crippen MR) is 70.4 cm³/mol. The molecule has 0 aromatic heterocycles. The molecule has 2 N–H and O–H groups in total. The minimum absolute atomic E-state index is 0.236. The van der Waals surface area contributed by atoms with Crippen LogP contribution in [0.5, 0.6) is 5.75 Å². The van der Waals surface area contributed by atoms with Crippen LogP contribution in [0.4, 0.5) is 0 Å². The number of hydrogen-bond donors (Lipinski definition) is 1. The van der Waals surface area contributed by atoms with E-state index >= 15 is 0 Å². The van der Waals surface area contributed by atoms with E-state index in [1.807, 2.05) is 0 Å². The van der Waals surface area contributed by atoms with Crippen LogP contribution in [0.1, 0.15) is 30.0 Å². The second kappa shape index (κ2) is 6.62. The molecule has 1 aromatic rings. The molecule has 0 spiro atoms. The van der Waals surface area contributed by atoms with E-state index in [4.69, 9.17) is 15.2 Å². The molecule has 1 unspecified atom stereocenters. The monoisotopic (exact) mass is 237 g/mol. The molecule has 0 aliphatic rings. The lowest BCUT2D eigenvalue weighted by Gasteiger charge is -2.15. The Morgan fingerprint density at radius 2 is 1.82 bits per heavy atom. The van der Waals surface area contributed by atoms with Crippen LogP contribution < -0.4 is 10.5 Å². The lowest BCUT2D eigenvalue weighted by Crippen LogP contribution is -2.21. The summed E-state index contributed by atoms with van der Waals surface area (Å²) < 4.78 is 10.5. The fraction of sp³-hybridized carbons (Fsp3) is 0.571. The van der Waals surface area contributed by atoms with E-state index in [1.165, 1.54) is 5.56 Å². The number of benzene rings is 1. The van der Waals surface area contributed by atoms with Crippen molar-refractivity contribution in [1.82, 2.24) is 0 Å². The third kappa shape index (κ3) is 4.02. The van der Waals surface area contributed by atoms with Crippen LogP contribution in [0, 0.1) is 13.8 Å². The Balaban J connectivity index is 2.85. The smallest absolute Gasteiger partial charge is 0.188 e. The Bertz CT molecular complexity index is 340. The third-order valence-corrected chi connectivity index (χ3v) is 2.86. The molecule has 0 heterocycles. The quantitative estimate of drug-likeness (QED) is 0.773. The van der Waals surface area contributed by atoms with Gasteiger partial charge in [0.1, 0.15) is 5.75 Å². The molecule has 0 saturated carbocycles. The molecule has 0 amide bonds. The van der Waals surface area contributed by atoms with Gasteiger partial charge in [0.05, 0.1) is 0 Å². The van der Waals surface area contributed by atoms with Gasteiger partial charge in [0.15, 0.2) is 6.79 Å². The SMILES string of the molecule is CCC(N)Cc1cc(C)c(OCOC)c(C)c1. The highest BCUT2D eigenvalue weighted by molar-refractivity contribution is 5.43. The van der Waals surface area contributed by atoms with Crippen molar-refractivity contribution >= 4 is 0 Å². The highest BCUT2D eigenvalue weighted by atomic mass is 16.7. The lowest BCUT2D eigenvalue weighted by molar-refractivity contribution is 0.0501. The van der Waals surface area contributed by atoms with Crippen molar-refractivity contribution in [3.8, 4) is 5.75 Å². The number of ether oxygens (including phenoxy) is 2. The Labute approximate surface area is 104 Å². The summed E-state index contributed by atoms with van der Waals surface area (Å²) in [6, 6.07) is 4.53. The average Bonchev–Trinajstić information content (AvgIpc) is 2.28. The molecule has 0 aliphatic heterocycles. The van der Waals surface area contributed by atoms with Gasteiger partial charge in [0.25, 0.3) is 0 Å². The number of rotatable bonds is 6. The van der Waals surface area contributed by atoms with Crippen molar-refractivity contribution in [2.45, 2.75) is 39.7 Å². The molecular formula is C14H23NO2. The van der Waals surface area contributed by atoms with Gasteiger partial charge in [-0.15, -0.1) is 0 Å². The molecular weight excluding hydrogens is 214 g/mol. The highest BCUT2D eigenvalue weighted by Gasteiger charge is 2.08. The van der Waals surface area contributed by atoms with Gasteiger partial charge in [-0.25, -0.2) is 0 Å². The Morgan fingerprint density at radius 1 is 1.24 bits per heavy atom. The zero-order valence-corrected chi connectivity index (χ0v) is 11.2. The fourth-order valence-corrected chi connectivity index (χ4v) is 1.95. The van der Waals surface area contributed by atoms with Crippen LogP contribution in [0.15, 0.2) is 12.1 Å². The van der Waals surface area contributed by atoms with Crippen molar-refractivity contribution < 1.29 is 9.47 Å². The van der Waals surface area contributed by atoms with Gasteiger partial charge in [-0.3, -0.25) is 0 Å². The molecule has 0 aliphatic carbocycles. The Hall–Kier alpha value is -1.06. The first-order valence-corrected chi connectivity index (χ1v) is 6.05. The van der Waals surface area contributed by atoms with Crippen LogP contribution in [0.2, 0.25) is 0 Å². The molecule has 3 nitrogen and oxygen atoms in total. The minimum atomic E-state index is 0.236. The lowest BCUT2D eigenvalue weighted by atomic mass is 9.99. The van der Waals surface area contributed by atoms with E-state index in [9.17, 15) is 0 Å². The maximum Gasteiger partial charge on any atom is 0.188 e. The highest BCUT2D eigenvalue weighted by Crippen LogP contribution is 2.25. The molecule has 3 heteroatoms. The molecule has 0 fully saturated rings. The largest absolute Gasteiger partial charge is 0.467 e. The van der Waals surface area contributed by atoms with Crippen molar-refractivity contribution in [2.75, 3.05) is 13.9 Å². The molecule has 0 radical (unpaired) electrons. The first-order valence-electron chi connectivity index (χ1n) is 6.05. The topological polar surface area (TPSA) is 44.5 Å². The van der Waals surface area contributed by atoms with Gasteiger partial charge >= 0.3 is 0 Å². The number of nitrogens with two attached hydrogens (primary N) is 1. The summed E-state index contributed by atoms with van der Waals surface area (Å²) in [5.41, 5.74) is 9.53. The third-order valence-electron chi connectivity index (χ3n) is 2.86. The zero-order chi connectivity index (χ0) is 12.8. The molecule has 17 heavy (non-hydrogen) atoms. The van der Waals surface area contributed by atoms with E-state index in [0.29, 0.717) is 0 Å². The van der Waals surface area contributed by atoms with Crippen LogP contribution >= 0.6 is 0 Å². The van der Waals surface area contributed by atoms with Gasteiger partial charge in [-0.05, 0) is 43.4 Å². The number of hydrogen-bond acceptors (Lipinski definition) is 3. The molecule has 96 valence electrons. The van der Waals surface area contributed by atoms with Crippen molar-refractivity contribution in [2.24, 2.45) is 5.73 Å². The van der Waals surface area contributed by atoms with E-state index in [2.05, 4.69) is 32.9 Å². The summed E-state index contributed by atoms with van der Waals surface area (Å²) in [7, 11) is 1.62. The summed E-state index contributed by atoms with van der Waals surface area (Å²) in [5, 5.41) is 0. The molecule has 1 rings (SSSR count). The van der Waals surface area contributed by atoms with E-state index in [1.54, 1.807) is 7.11 Å². The van der Waals surface area contributed by atoms with Gasteiger partial charge in [-0.1, -0.05) is 19.1 Å². The van der Waals surface area contributed by atoms with Crippen molar-refractivity contribution in [3.05, 3.63) is 28.8 Å². The predicted octanol–water partition coefficient (Wildman–Crippen LogP) is 2.57. The number of methoxy groups -OCH3 is 1. The second-order valence-corrected chi connectivity index (χ2v) is 4.48. The van der Waals surface area contributed by atoms with Crippen LogP contribution in [0.3, 0.4) is 0 Å². The molecule has 0 saturated heterocycles. The van der Waals surface area contributed by atoms with Crippen molar-refractivity contribution in [1.29, 1.82) is 0 Å². The maximum absolute atomic E-state index is 5.97. The standard InChI is InChI=1S/C14H23NO2/c1-5-13(15)8-12-6-10(2)14(11(3)7-12)17-9-16-4/h6-7,13H,5,8-9,15H2,1-4H3. The summed E-state index contributed by atoms with van der Waals surface area (Å²) in [6.07, 6.45) is 1.92. The molecule has 1 aromatic carbocycles. The van der Waals surface area contributed by atoms with E-state index in [-0.39, 0.29) is 12.8 Å². The average molecular weight is 237 g/mol. The molecule has 1 atom stereocenters. The summed E-state index contributed by atoms with van der Waals surface area (Å²) in [5.74, 6) is 0.917. The fourth-order valence-electron chi connectivity index (χ4n) is 1.95. The van der Waals surface area contributed by atoms with Crippen LogP contribution in [0.25, 0.3) is 0 Å². The second-order valence-electron chi connectivity index (χ2n) is 4.48. The van der Waals surface area contributed by atoms with Crippen LogP contribution in [-0.2, 0) is 11.2 Å². The van der Waals surface area contributed by atoms with E-state index in [0.717, 1.165) is 29.7 Å². The van der Waals surface area contributed by atoms with Gasteiger partial charge in [0, 0.05) is 13.2 Å². The maximum atomic E-state index is 5.97. The number of aryl methyl sites for hydroxylation is 2. The van der Waals surface area contributed by atoms with Gasteiger partial charge in [0.2, 0.25) is 0 Å². The van der Waals surface area contributed by atoms with Crippen LogP contribution in [-0.4, -0.2) is 19.9 Å². The summed E-state index contributed by atoms with van der Waals surface area (Å²) >= 11 is 0.